The number of aliphatic imine (C=N–C) groups is 1. The number of nitrogens with zero attached hydrogens (tertiary/aromatic N) is 2. The molecule has 0 saturated carbocycles. The molecule has 0 spiro atoms. The minimum absolute atomic E-state index is 0. The highest BCUT2D eigenvalue weighted by atomic mass is 127. The normalized spacial score (nSPS) is 17.5. The summed E-state index contributed by atoms with van der Waals surface area (Å²) in [6.45, 7) is 6.51. The van der Waals surface area contributed by atoms with Crippen LogP contribution in [0.3, 0.4) is 0 Å². The van der Waals surface area contributed by atoms with Gasteiger partial charge in [0.25, 0.3) is 5.91 Å². The van der Waals surface area contributed by atoms with Gasteiger partial charge in [-0.05, 0) is 50.2 Å². The van der Waals surface area contributed by atoms with Gasteiger partial charge in [-0.3, -0.25) is 14.7 Å². The van der Waals surface area contributed by atoms with E-state index in [1.54, 1.807) is 31.3 Å². The maximum Gasteiger partial charge on any atom is 0.251 e. The van der Waals surface area contributed by atoms with Crippen molar-refractivity contribution in [3.8, 4) is 0 Å². The van der Waals surface area contributed by atoms with E-state index in [0.717, 1.165) is 19.0 Å². The van der Waals surface area contributed by atoms with Gasteiger partial charge < -0.3 is 16.0 Å². The van der Waals surface area contributed by atoms with E-state index in [0.29, 0.717) is 29.7 Å². The van der Waals surface area contributed by atoms with Gasteiger partial charge in [0.1, 0.15) is 0 Å². The molecule has 8 heteroatoms. The van der Waals surface area contributed by atoms with Gasteiger partial charge in [0.15, 0.2) is 5.96 Å². The van der Waals surface area contributed by atoms with Crippen LogP contribution in [0.25, 0.3) is 0 Å². The number of carbonyl (C=O) groups is 1. The number of likely N-dealkylation sites (N-methyl/N-ethyl adjacent to an activating group) is 1. The van der Waals surface area contributed by atoms with E-state index in [9.17, 15) is 4.79 Å². The average Bonchev–Trinajstić information content (AvgIpc) is 3.09. The van der Waals surface area contributed by atoms with Gasteiger partial charge in [-0.25, -0.2) is 0 Å². The molecule has 26 heavy (non-hydrogen) atoms. The fourth-order valence-corrected chi connectivity index (χ4v) is 3.16. The first-order valence-corrected chi connectivity index (χ1v) is 9.24. The zero-order chi connectivity index (χ0) is 18.1. The molecular weight excluding hydrogens is 465 g/mol. The summed E-state index contributed by atoms with van der Waals surface area (Å²) in [6.07, 6.45) is 2.50. The summed E-state index contributed by atoms with van der Waals surface area (Å²) >= 11 is 5.82. The summed E-state index contributed by atoms with van der Waals surface area (Å²) in [7, 11) is 1.76. The average molecular weight is 494 g/mol. The molecule has 1 unspecified atom stereocenters. The molecule has 1 saturated heterocycles. The third-order valence-corrected chi connectivity index (χ3v) is 4.70. The smallest absolute Gasteiger partial charge is 0.251 e. The first-order valence-electron chi connectivity index (χ1n) is 8.86. The Morgan fingerprint density at radius 1 is 1.23 bits per heavy atom. The van der Waals surface area contributed by atoms with Crippen molar-refractivity contribution in [3.05, 3.63) is 34.9 Å². The number of rotatable bonds is 7. The molecule has 1 aliphatic rings. The van der Waals surface area contributed by atoms with E-state index in [4.69, 9.17) is 11.6 Å². The first-order chi connectivity index (χ1) is 12.1. The molecule has 3 N–H and O–H groups in total. The first kappa shape index (κ1) is 23.0. The number of carbonyl (C=O) groups excluding carboxylic acids is 1. The van der Waals surface area contributed by atoms with Crippen molar-refractivity contribution in [2.75, 3.05) is 39.8 Å². The van der Waals surface area contributed by atoms with Gasteiger partial charge in [-0.15, -0.1) is 24.0 Å². The molecule has 2 rings (SSSR count). The molecule has 0 radical (unpaired) electrons. The molecule has 1 amide bonds. The minimum Gasteiger partial charge on any atom is -0.355 e. The van der Waals surface area contributed by atoms with Crippen LogP contribution in [-0.2, 0) is 0 Å². The molecule has 1 aliphatic heterocycles. The Labute approximate surface area is 178 Å². The van der Waals surface area contributed by atoms with Gasteiger partial charge >= 0.3 is 0 Å². The fraction of sp³-hybridized carbons (Fsp3) is 0.556. The predicted molar refractivity (Wildman–Crippen MR) is 119 cm³/mol. The monoisotopic (exact) mass is 493 g/mol. The fourth-order valence-electron chi connectivity index (χ4n) is 3.04. The lowest BCUT2D eigenvalue weighted by Gasteiger charge is -2.24. The topological polar surface area (TPSA) is 68.8 Å². The van der Waals surface area contributed by atoms with Crippen LogP contribution in [0.1, 0.15) is 30.1 Å². The molecule has 146 valence electrons. The van der Waals surface area contributed by atoms with E-state index < -0.39 is 0 Å². The lowest BCUT2D eigenvalue weighted by Crippen LogP contribution is -2.46. The molecule has 1 aromatic carbocycles. The molecule has 1 aromatic rings. The second-order valence-electron chi connectivity index (χ2n) is 6.07. The zero-order valence-electron chi connectivity index (χ0n) is 15.4. The molecule has 1 heterocycles. The van der Waals surface area contributed by atoms with Gasteiger partial charge in [0, 0.05) is 43.3 Å². The van der Waals surface area contributed by atoms with Crippen molar-refractivity contribution >= 4 is 47.4 Å². The maximum atomic E-state index is 12.0. The van der Waals surface area contributed by atoms with Gasteiger partial charge in [-0.2, -0.15) is 0 Å². The second kappa shape index (κ2) is 12.3. The second-order valence-corrected chi connectivity index (χ2v) is 6.50. The summed E-state index contributed by atoms with van der Waals surface area (Å²) in [5, 5.41) is 10.1. The summed E-state index contributed by atoms with van der Waals surface area (Å²) in [5.41, 5.74) is 0.604. The van der Waals surface area contributed by atoms with Crippen LogP contribution in [0.5, 0.6) is 0 Å². The molecule has 0 aromatic heterocycles. The molecule has 0 aliphatic carbocycles. The number of amides is 1. The SMILES string of the molecule is CCN1CCCC1CNC(=NC)NCCNC(=O)c1ccc(Cl)cc1.I. The van der Waals surface area contributed by atoms with Gasteiger partial charge in [0.05, 0.1) is 0 Å². The van der Waals surface area contributed by atoms with Crippen molar-refractivity contribution in [3.63, 3.8) is 0 Å². The number of hydrogen-bond acceptors (Lipinski definition) is 3. The van der Waals surface area contributed by atoms with E-state index in [1.807, 2.05) is 0 Å². The molecule has 1 atom stereocenters. The Hall–Kier alpha value is -1.06. The van der Waals surface area contributed by atoms with Crippen molar-refractivity contribution in [1.29, 1.82) is 0 Å². The highest BCUT2D eigenvalue weighted by molar-refractivity contribution is 14.0. The Morgan fingerprint density at radius 2 is 1.92 bits per heavy atom. The van der Waals surface area contributed by atoms with Crippen LogP contribution in [0.2, 0.25) is 5.02 Å². The van der Waals surface area contributed by atoms with Crippen LogP contribution in [-0.4, -0.2) is 62.6 Å². The standard InChI is InChI=1S/C18H28ClN5O.HI/c1-3-24-12-4-5-16(24)13-23-18(20-2)22-11-10-21-17(25)14-6-8-15(19)9-7-14;/h6-9,16H,3-5,10-13H2,1-2H3,(H,21,25)(H2,20,22,23);1H. The van der Waals surface area contributed by atoms with Crippen LogP contribution in [0.15, 0.2) is 29.3 Å². The van der Waals surface area contributed by atoms with Gasteiger partial charge in [-0.1, -0.05) is 18.5 Å². The predicted octanol–water partition coefficient (Wildman–Crippen LogP) is 2.34. The van der Waals surface area contributed by atoms with E-state index >= 15 is 0 Å². The number of halogens is 2. The number of benzene rings is 1. The number of hydrogen-bond donors (Lipinski definition) is 3. The maximum absolute atomic E-state index is 12.0. The number of nitrogens with one attached hydrogen (secondary N) is 3. The largest absolute Gasteiger partial charge is 0.355 e. The summed E-state index contributed by atoms with van der Waals surface area (Å²) < 4.78 is 0. The third-order valence-electron chi connectivity index (χ3n) is 4.44. The quantitative estimate of drug-likeness (QED) is 0.236. The van der Waals surface area contributed by atoms with Crippen molar-refractivity contribution in [1.82, 2.24) is 20.9 Å². The van der Waals surface area contributed by atoms with Gasteiger partial charge in [0.2, 0.25) is 0 Å². The highest BCUT2D eigenvalue weighted by Gasteiger charge is 2.22. The van der Waals surface area contributed by atoms with E-state index in [-0.39, 0.29) is 29.9 Å². The number of guanidine groups is 1. The Kier molecular flexibility index (Phi) is 10.9. The van der Waals surface area contributed by atoms with Crippen LogP contribution in [0.4, 0.5) is 0 Å². The van der Waals surface area contributed by atoms with Crippen LogP contribution >= 0.6 is 35.6 Å². The molecule has 6 nitrogen and oxygen atoms in total. The minimum atomic E-state index is -0.106. The zero-order valence-corrected chi connectivity index (χ0v) is 18.5. The van der Waals surface area contributed by atoms with Crippen molar-refractivity contribution in [2.24, 2.45) is 4.99 Å². The highest BCUT2D eigenvalue weighted by Crippen LogP contribution is 2.15. The van der Waals surface area contributed by atoms with E-state index in [2.05, 4.69) is 32.8 Å². The van der Waals surface area contributed by atoms with Crippen molar-refractivity contribution in [2.45, 2.75) is 25.8 Å². The Bertz CT molecular complexity index is 581. The van der Waals surface area contributed by atoms with Crippen molar-refractivity contribution < 1.29 is 4.79 Å². The van der Waals surface area contributed by atoms with E-state index in [1.165, 1.54) is 19.4 Å². The third kappa shape index (κ3) is 7.28. The molecular formula is C18H29ClIN5O. The van der Waals surface area contributed by atoms with Crippen LogP contribution < -0.4 is 16.0 Å². The van der Waals surface area contributed by atoms with Crippen LogP contribution in [0, 0.1) is 0 Å². The molecule has 1 fully saturated rings. The lowest BCUT2D eigenvalue weighted by atomic mass is 10.2. The summed E-state index contributed by atoms with van der Waals surface area (Å²) in [4.78, 5) is 18.7. The molecule has 0 bridgehead atoms. The number of likely N-dealkylation sites (tertiary alicyclic amines) is 1. The Balaban J connectivity index is 0.00000338. The summed E-state index contributed by atoms with van der Waals surface area (Å²) in [6, 6.07) is 7.43. The lowest BCUT2D eigenvalue weighted by molar-refractivity contribution is 0.0954. The summed E-state index contributed by atoms with van der Waals surface area (Å²) in [5.74, 6) is 0.662. The Morgan fingerprint density at radius 3 is 2.58 bits per heavy atom.